The van der Waals surface area contributed by atoms with Gasteiger partial charge in [-0.05, 0) is 43.5 Å². The molecule has 1 aromatic carbocycles. The third-order valence-corrected chi connectivity index (χ3v) is 4.92. The number of nitrogens with one attached hydrogen (secondary N) is 2. The van der Waals surface area contributed by atoms with Crippen molar-refractivity contribution in [3.8, 4) is 0 Å². The molecule has 2 amide bonds. The average molecular weight is 412 g/mol. The van der Waals surface area contributed by atoms with Gasteiger partial charge in [-0.25, -0.2) is 4.98 Å². The molecule has 0 bridgehead atoms. The normalized spacial score (nSPS) is 12.9. The highest BCUT2D eigenvalue weighted by atomic mass is 16.2. The van der Waals surface area contributed by atoms with Crippen LogP contribution in [-0.4, -0.2) is 60.4 Å². The van der Waals surface area contributed by atoms with Gasteiger partial charge in [0.2, 0.25) is 11.9 Å². The molecule has 0 atom stereocenters. The number of carbonyl (C=O) groups excluding carboxylic acids is 2. The molecule has 1 fully saturated rings. The lowest BCUT2D eigenvalue weighted by atomic mass is 10.2. The summed E-state index contributed by atoms with van der Waals surface area (Å²) in [4.78, 5) is 35.6. The van der Waals surface area contributed by atoms with E-state index in [-0.39, 0.29) is 11.5 Å². The molecule has 9 heteroatoms. The van der Waals surface area contributed by atoms with E-state index in [0.717, 1.165) is 37.2 Å². The highest BCUT2D eigenvalue weighted by Crippen LogP contribution is 2.26. The van der Waals surface area contributed by atoms with Gasteiger partial charge in [-0.15, -0.1) is 0 Å². The molecule has 1 aliphatic rings. The monoisotopic (exact) mass is 411 g/mol. The van der Waals surface area contributed by atoms with Crippen LogP contribution >= 0.6 is 0 Å². The quantitative estimate of drug-likeness (QED) is 0.549. The summed E-state index contributed by atoms with van der Waals surface area (Å²) in [7, 11) is 5.55. The van der Waals surface area contributed by atoms with Crippen LogP contribution in [0.25, 0.3) is 0 Å². The first-order valence-corrected chi connectivity index (χ1v) is 10.0. The van der Waals surface area contributed by atoms with E-state index in [4.69, 9.17) is 5.73 Å². The molecular weight excluding hydrogens is 382 g/mol. The number of anilines is 4. The van der Waals surface area contributed by atoms with Crippen molar-refractivity contribution in [3.63, 3.8) is 0 Å². The molecule has 0 radical (unpaired) electrons. The van der Waals surface area contributed by atoms with Crippen LogP contribution in [0.2, 0.25) is 0 Å². The largest absolute Gasteiger partial charge is 0.375 e. The van der Waals surface area contributed by atoms with Crippen molar-refractivity contribution in [2.24, 2.45) is 5.73 Å². The summed E-state index contributed by atoms with van der Waals surface area (Å²) in [6, 6.07) is 8.22. The highest BCUT2D eigenvalue weighted by molar-refractivity contribution is 5.97. The van der Waals surface area contributed by atoms with Crippen molar-refractivity contribution in [2.45, 2.75) is 31.7 Å². The standard InChI is InChI=1S/C21H29N7O2/c1-27(2)18(29)5-4-12-28(3)16-10-8-15(9-11-16)25-21-23-13-17(19(22)30)20(26-21)24-14-6-7-14/h8-11,13-14H,4-7,12H2,1-3H3,(H2,22,30)(H2,23,24,25,26). The minimum absolute atomic E-state index is 0.140. The zero-order valence-corrected chi connectivity index (χ0v) is 17.7. The van der Waals surface area contributed by atoms with Crippen molar-refractivity contribution >= 4 is 35.0 Å². The van der Waals surface area contributed by atoms with Crippen LogP contribution in [0, 0.1) is 0 Å². The molecule has 160 valence electrons. The van der Waals surface area contributed by atoms with Gasteiger partial charge in [0.15, 0.2) is 0 Å². The van der Waals surface area contributed by atoms with E-state index in [1.165, 1.54) is 6.20 Å². The van der Waals surface area contributed by atoms with E-state index >= 15 is 0 Å². The lowest BCUT2D eigenvalue weighted by molar-refractivity contribution is -0.128. The lowest BCUT2D eigenvalue weighted by Crippen LogP contribution is -2.24. The first-order valence-electron chi connectivity index (χ1n) is 10.0. The van der Waals surface area contributed by atoms with Gasteiger partial charge >= 0.3 is 0 Å². The Labute approximate surface area is 176 Å². The van der Waals surface area contributed by atoms with Gasteiger partial charge < -0.3 is 26.2 Å². The van der Waals surface area contributed by atoms with Gasteiger partial charge in [0.25, 0.3) is 5.91 Å². The molecule has 1 saturated carbocycles. The maximum absolute atomic E-state index is 11.7. The molecular formula is C21H29N7O2. The molecule has 4 N–H and O–H groups in total. The van der Waals surface area contributed by atoms with E-state index in [1.807, 2.05) is 31.3 Å². The van der Waals surface area contributed by atoms with Crippen LogP contribution < -0.4 is 21.3 Å². The predicted octanol–water partition coefficient (Wildman–Crippen LogP) is 2.20. The van der Waals surface area contributed by atoms with Crippen LogP contribution in [-0.2, 0) is 4.79 Å². The molecule has 1 aromatic heterocycles. The van der Waals surface area contributed by atoms with Crippen LogP contribution in [0.3, 0.4) is 0 Å². The molecule has 0 unspecified atom stereocenters. The minimum atomic E-state index is -0.552. The summed E-state index contributed by atoms with van der Waals surface area (Å²) in [6.45, 7) is 0.792. The number of hydrogen-bond donors (Lipinski definition) is 3. The van der Waals surface area contributed by atoms with Crippen LogP contribution in [0.15, 0.2) is 30.5 Å². The fourth-order valence-corrected chi connectivity index (χ4v) is 2.90. The Kier molecular flexibility index (Phi) is 6.71. The predicted molar refractivity (Wildman–Crippen MR) is 118 cm³/mol. The van der Waals surface area contributed by atoms with Gasteiger partial charge in [-0.1, -0.05) is 0 Å². The fraction of sp³-hybridized carbons (Fsp3) is 0.429. The Bertz CT molecular complexity index is 895. The van der Waals surface area contributed by atoms with E-state index in [2.05, 4.69) is 25.5 Å². The van der Waals surface area contributed by atoms with Gasteiger partial charge in [-0.2, -0.15) is 4.98 Å². The van der Waals surface area contributed by atoms with E-state index in [0.29, 0.717) is 24.2 Å². The molecule has 30 heavy (non-hydrogen) atoms. The number of benzene rings is 1. The SMILES string of the molecule is CN(C)C(=O)CCCN(C)c1ccc(Nc2ncc(C(N)=O)c(NC3CC3)n2)cc1. The van der Waals surface area contributed by atoms with E-state index in [9.17, 15) is 9.59 Å². The summed E-state index contributed by atoms with van der Waals surface area (Å²) in [5.41, 5.74) is 7.60. The topological polar surface area (TPSA) is 116 Å². The summed E-state index contributed by atoms with van der Waals surface area (Å²) in [6.07, 6.45) is 4.89. The van der Waals surface area contributed by atoms with Gasteiger partial charge in [-0.3, -0.25) is 9.59 Å². The number of carbonyl (C=O) groups is 2. The summed E-state index contributed by atoms with van der Waals surface area (Å²) in [5, 5.41) is 6.38. The maximum atomic E-state index is 11.7. The molecule has 1 aliphatic carbocycles. The third kappa shape index (κ3) is 5.82. The molecule has 9 nitrogen and oxygen atoms in total. The third-order valence-electron chi connectivity index (χ3n) is 4.92. The second kappa shape index (κ2) is 9.43. The number of hydrogen-bond acceptors (Lipinski definition) is 7. The van der Waals surface area contributed by atoms with E-state index in [1.54, 1.807) is 19.0 Å². The molecule has 3 rings (SSSR count). The number of amides is 2. The van der Waals surface area contributed by atoms with Crippen molar-refractivity contribution in [2.75, 3.05) is 43.2 Å². The Morgan fingerprint density at radius 2 is 1.87 bits per heavy atom. The number of primary amides is 1. The van der Waals surface area contributed by atoms with Crippen molar-refractivity contribution in [1.29, 1.82) is 0 Å². The first-order chi connectivity index (χ1) is 14.3. The number of aromatic nitrogens is 2. The Hall–Kier alpha value is -3.36. The van der Waals surface area contributed by atoms with E-state index < -0.39 is 5.91 Å². The smallest absolute Gasteiger partial charge is 0.254 e. The maximum Gasteiger partial charge on any atom is 0.254 e. The van der Waals surface area contributed by atoms with Crippen molar-refractivity contribution in [3.05, 3.63) is 36.0 Å². The summed E-state index contributed by atoms with van der Waals surface area (Å²) in [5.74, 6) is 0.447. The number of rotatable bonds is 10. The molecule has 1 heterocycles. The van der Waals surface area contributed by atoms with Gasteiger partial charge in [0.1, 0.15) is 5.82 Å². The van der Waals surface area contributed by atoms with Gasteiger partial charge in [0.05, 0.1) is 5.56 Å². The van der Waals surface area contributed by atoms with Crippen molar-refractivity contribution in [1.82, 2.24) is 14.9 Å². The van der Waals surface area contributed by atoms with Crippen LogP contribution in [0.4, 0.5) is 23.1 Å². The Morgan fingerprint density at radius 1 is 1.17 bits per heavy atom. The molecule has 0 saturated heterocycles. The summed E-state index contributed by atoms with van der Waals surface area (Å²) >= 11 is 0. The van der Waals surface area contributed by atoms with Gasteiger partial charge in [0, 0.05) is 57.7 Å². The molecule has 0 spiro atoms. The minimum Gasteiger partial charge on any atom is -0.375 e. The second-order valence-corrected chi connectivity index (χ2v) is 7.72. The van der Waals surface area contributed by atoms with Crippen LogP contribution in [0.5, 0.6) is 0 Å². The average Bonchev–Trinajstić information content (AvgIpc) is 3.52. The Balaban J connectivity index is 1.59. The van der Waals surface area contributed by atoms with Crippen molar-refractivity contribution < 1.29 is 9.59 Å². The zero-order valence-electron chi connectivity index (χ0n) is 17.7. The Morgan fingerprint density at radius 3 is 2.47 bits per heavy atom. The lowest BCUT2D eigenvalue weighted by Gasteiger charge is -2.20. The zero-order chi connectivity index (χ0) is 21.7. The molecule has 0 aliphatic heterocycles. The fourth-order valence-electron chi connectivity index (χ4n) is 2.90. The molecule has 2 aromatic rings. The number of nitrogens with two attached hydrogens (primary N) is 1. The summed E-state index contributed by atoms with van der Waals surface area (Å²) < 4.78 is 0. The number of nitrogens with zero attached hydrogens (tertiary/aromatic N) is 4. The van der Waals surface area contributed by atoms with Crippen LogP contribution in [0.1, 0.15) is 36.0 Å². The second-order valence-electron chi connectivity index (χ2n) is 7.72. The first kappa shape index (κ1) is 21.4. The highest BCUT2D eigenvalue weighted by Gasteiger charge is 2.24.